The Bertz CT molecular complexity index is 549. The van der Waals surface area contributed by atoms with E-state index in [1.165, 1.54) is 6.20 Å². The maximum absolute atomic E-state index is 11.7. The lowest BCUT2D eigenvalue weighted by Crippen LogP contribution is -2.55. The van der Waals surface area contributed by atoms with Gasteiger partial charge in [0.05, 0.1) is 17.9 Å². The van der Waals surface area contributed by atoms with Gasteiger partial charge in [0.15, 0.2) is 0 Å². The van der Waals surface area contributed by atoms with Crippen molar-refractivity contribution < 1.29 is 19.4 Å². The molecule has 0 saturated carbocycles. The van der Waals surface area contributed by atoms with E-state index in [1.54, 1.807) is 18.7 Å². The van der Waals surface area contributed by atoms with Gasteiger partial charge in [-0.15, -0.1) is 0 Å². The van der Waals surface area contributed by atoms with Crippen LogP contribution in [0.25, 0.3) is 0 Å². The Hall–Kier alpha value is -2.22. The minimum atomic E-state index is -0.932. The molecule has 2 rings (SSSR count). The average Bonchev–Trinajstić information content (AvgIpc) is 2.47. The lowest BCUT2D eigenvalue weighted by atomic mass is 10.2. The molecule has 0 bridgehead atoms. The number of rotatable bonds is 4. The standard InChI is InChI=1S/C13H18N4O4/c1-3-21-12(20)9-6-15-13(16-8(9)2)17-5-4-14-7-10(17)11(18)19/h6,10,14H,3-5,7H2,1-2H3,(H,18,19). The van der Waals surface area contributed by atoms with E-state index in [0.29, 0.717) is 36.8 Å². The smallest absolute Gasteiger partial charge is 0.341 e. The van der Waals surface area contributed by atoms with Crippen LogP contribution in [-0.2, 0) is 9.53 Å². The summed E-state index contributed by atoms with van der Waals surface area (Å²) in [4.78, 5) is 33.0. The van der Waals surface area contributed by atoms with Crippen molar-refractivity contribution >= 4 is 17.9 Å². The lowest BCUT2D eigenvalue weighted by molar-refractivity contribution is -0.138. The average molecular weight is 294 g/mol. The number of anilines is 1. The highest BCUT2D eigenvalue weighted by Crippen LogP contribution is 2.16. The Labute approximate surface area is 122 Å². The molecule has 21 heavy (non-hydrogen) atoms. The Balaban J connectivity index is 2.26. The van der Waals surface area contributed by atoms with Gasteiger partial charge in [0.1, 0.15) is 6.04 Å². The number of aliphatic carboxylic acids is 1. The van der Waals surface area contributed by atoms with Gasteiger partial charge in [-0.3, -0.25) is 0 Å². The topological polar surface area (TPSA) is 105 Å². The van der Waals surface area contributed by atoms with Crippen LogP contribution in [0.2, 0.25) is 0 Å². The predicted molar refractivity (Wildman–Crippen MR) is 74.4 cm³/mol. The van der Waals surface area contributed by atoms with Gasteiger partial charge in [-0.25, -0.2) is 19.6 Å². The van der Waals surface area contributed by atoms with Gasteiger partial charge < -0.3 is 20.1 Å². The summed E-state index contributed by atoms with van der Waals surface area (Å²) in [6.07, 6.45) is 1.39. The maximum Gasteiger partial charge on any atom is 0.341 e. The molecule has 114 valence electrons. The van der Waals surface area contributed by atoms with Crippen LogP contribution in [0.3, 0.4) is 0 Å². The third kappa shape index (κ3) is 3.27. The molecule has 2 heterocycles. The summed E-state index contributed by atoms with van der Waals surface area (Å²) in [5.74, 6) is -1.09. The number of nitrogens with zero attached hydrogens (tertiary/aromatic N) is 3. The summed E-state index contributed by atoms with van der Waals surface area (Å²) in [6, 6.07) is -0.716. The predicted octanol–water partition coefficient (Wildman–Crippen LogP) is -0.175. The molecule has 0 aliphatic carbocycles. The van der Waals surface area contributed by atoms with Crippen molar-refractivity contribution in [3.63, 3.8) is 0 Å². The van der Waals surface area contributed by atoms with Gasteiger partial charge in [0.2, 0.25) is 5.95 Å². The van der Waals surface area contributed by atoms with Gasteiger partial charge in [-0.1, -0.05) is 0 Å². The number of ether oxygens (including phenoxy) is 1. The number of carboxylic acids is 1. The number of hydrogen-bond acceptors (Lipinski definition) is 7. The number of aryl methyl sites for hydroxylation is 1. The third-order valence-electron chi connectivity index (χ3n) is 3.25. The summed E-state index contributed by atoms with van der Waals surface area (Å²) in [6.45, 7) is 5.16. The van der Waals surface area contributed by atoms with E-state index in [4.69, 9.17) is 4.74 Å². The summed E-state index contributed by atoms with van der Waals surface area (Å²) < 4.78 is 4.92. The van der Waals surface area contributed by atoms with Gasteiger partial charge in [-0.2, -0.15) is 0 Å². The fourth-order valence-electron chi connectivity index (χ4n) is 2.17. The molecule has 0 spiro atoms. The van der Waals surface area contributed by atoms with Crippen molar-refractivity contribution in [1.29, 1.82) is 0 Å². The molecule has 1 saturated heterocycles. The highest BCUT2D eigenvalue weighted by atomic mass is 16.5. The molecule has 1 unspecified atom stereocenters. The van der Waals surface area contributed by atoms with E-state index in [-0.39, 0.29) is 6.61 Å². The summed E-state index contributed by atoms with van der Waals surface area (Å²) in [7, 11) is 0. The Kier molecular flexibility index (Phi) is 4.69. The Morgan fingerprint density at radius 2 is 2.33 bits per heavy atom. The van der Waals surface area contributed by atoms with Crippen LogP contribution in [0.15, 0.2) is 6.20 Å². The van der Waals surface area contributed by atoms with E-state index in [2.05, 4.69) is 15.3 Å². The van der Waals surface area contributed by atoms with Crippen molar-refractivity contribution in [2.75, 3.05) is 31.1 Å². The van der Waals surface area contributed by atoms with E-state index in [0.717, 1.165) is 0 Å². The molecule has 1 aliphatic heterocycles. The zero-order valence-corrected chi connectivity index (χ0v) is 12.0. The first-order valence-corrected chi connectivity index (χ1v) is 6.75. The highest BCUT2D eigenvalue weighted by Gasteiger charge is 2.30. The van der Waals surface area contributed by atoms with Crippen molar-refractivity contribution in [2.45, 2.75) is 19.9 Å². The van der Waals surface area contributed by atoms with Crippen LogP contribution in [0.5, 0.6) is 0 Å². The van der Waals surface area contributed by atoms with Crippen molar-refractivity contribution in [2.24, 2.45) is 0 Å². The number of piperazine rings is 1. The zero-order chi connectivity index (χ0) is 15.4. The van der Waals surface area contributed by atoms with Gasteiger partial charge in [0.25, 0.3) is 0 Å². The molecular formula is C13H18N4O4. The second kappa shape index (κ2) is 6.49. The number of carbonyl (C=O) groups is 2. The van der Waals surface area contributed by atoms with Crippen LogP contribution in [0.1, 0.15) is 23.0 Å². The first-order chi connectivity index (χ1) is 10.0. The van der Waals surface area contributed by atoms with Crippen LogP contribution in [0, 0.1) is 6.92 Å². The van der Waals surface area contributed by atoms with Crippen LogP contribution >= 0.6 is 0 Å². The molecule has 0 radical (unpaired) electrons. The monoisotopic (exact) mass is 294 g/mol. The molecule has 0 amide bonds. The number of esters is 1. The zero-order valence-electron chi connectivity index (χ0n) is 12.0. The molecule has 8 nitrogen and oxygen atoms in total. The number of carbonyl (C=O) groups excluding carboxylic acids is 1. The molecule has 8 heteroatoms. The van der Waals surface area contributed by atoms with Gasteiger partial charge in [0, 0.05) is 25.8 Å². The second-order valence-corrected chi connectivity index (χ2v) is 4.64. The fraction of sp³-hybridized carbons (Fsp3) is 0.538. The lowest BCUT2D eigenvalue weighted by Gasteiger charge is -2.33. The SMILES string of the molecule is CCOC(=O)c1cnc(N2CCNCC2C(=O)O)nc1C. The molecule has 1 aliphatic rings. The molecule has 1 atom stereocenters. The van der Waals surface area contributed by atoms with Gasteiger partial charge >= 0.3 is 11.9 Å². The van der Waals surface area contributed by atoms with Crippen LogP contribution in [-0.4, -0.2) is 59.3 Å². The fourth-order valence-corrected chi connectivity index (χ4v) is 2.17. The maximum atomic E-state index is 11.7. The van der Waals surface area contributed by atoms with E-state index < -0.39 is 18.0 Å². The first-order valence-electron chi connectivity index (χ1n) is 6.75. The van der Waals surface area contributed by atoms with Crippen LogP contribution in [0.4, 0.5) is 5.95 Å². The van der Waals surface area contributed by atoms with Gasteiger partial charge in [-0.05, 0) is 13.8 Å². The highest BCUT2D eigenvalue weighted by molar-refractivity contribution is 5.90. The Morgan fingerprint density at radius 3 is 2.95 bits per heavy atom. The normalized spacial score (nSPS) is 18.4. The summed E-state index contributed by atoms with van der Waals surface area (Å²) in [5.41, 5.74) is 0.767. The van der Waals surface area contributed by atoms with Crippen molar-refractivity contribution in [1.82, 2.24) is 15.3 Å². The number of carboxylic acid groups (broad SMARTS) is 1. The van der Waals surface area contributed by atoms with E-state index >= 15 is 0 Å². The molecule has 2 N–H and O–H groups in total. The number of aromatic nitrogens is 2. The van der Waals surface area contributed by atoms with Crippen LogP contribution < -0.4 is 10.2 Å². The van der Waals surface area contributed by atoms with Crippen molar-refractivity contribution in [3.05, 3.63) is 17.5 Å². The molecule has 1 aromatic rings. The molecular weight excluding hydrogens is 276 g/mol. The minimum absolute atomic E-state index is 0.277. The summed E-state index contributed by atoms with van der Waals surface area (Å²) >= 11 is 0. The first kappa shape index (κ1) is 15.2. The molecule has 1 fully saturated rings. The number of nitrogens with one attached hydrogen (secondary N) is 1. The third-order valence-corrected chi connectivity index (χ3v) is 3.25. The van der Waals surface area contributed by atoms with E-state index in [9.17, 15) is 14.7 Å². The quantitative estimate of drug-likeness (QED) is 0.737. The largest absolute Gasteiger partial charge is 0.480 e. The molecule has 1 aromatic heterocycles. The second-order valence-electron chi connectivity index (χ2n) is 4.64. The Morgan fingerprint density at radius 1 is 1.57 bits per heavy atom. The van der Waals surface area contributed by atoms with Crippen molar-refractivity contribution in [3.8, 4) is 0 Å². The number of hydrogen-bond donors (Lipinski definition) is 2. The minimum Gasteiger partial charge on any atom is -0.480 e. The molecule has 0 aromatic carbocycles. The van der Waals surface area contributed by atoms with E-state index in [1.807, 2.05) is 0 Å². The summed E-state index contributed by atoms with van der Waals surface area (Å²) in [5, 5.41) is 12.3.